The van der Waals surface area contributed by atoms with Crippen molar-refractivity contribution in [3.05, 3.63) is 34.9 Å². The predicted octanol–water partition coefficient (Wildman–Crippen LogP) is 2.13. The summed E-state index contributed by atoms with van der Waals surface area (Å²) in [6, 6.07) is 4.79. The van der Waals surface area contributed by atoms with E-state index in [1.165, 1.54) is 11.1 Å². The maximum atomic E-state index is 12.4. The van der Waals surface area contributed by atoms with Crippen LogP contribution in [0, 0.1) is 5.92 Å². The molecule has 1 aromatic rings. The van der Waals surface area contributed by atoms with E-state index >= 15 is 0 Å². The van der Waals surface area contributed by atoms with Gasteiger partial charge in [-0.2, -0.15) is 0 Å². The zero-order chi connectivity index (χ0) is 18.5. The normalized spacial score (nSPS) is 20.2. The van der Waals surface area contributed by atoms with Crippen LogP contribution in [0.5, 0.6) is 0 Å². The number of hydrogen-bond acceptors (Lipinski definition) is 4. The molecule has 26 heavy (non-hydrogen) atoms. The Morgan fingerprint density at radius 1 is 1.15 bits per heavy atom. The van der Waals surface area contributed by atoms with E-state index in [0.29, 0.717) is 25.2 Å². The summed E-state index contributed by atoms with van der Waals surface area (Å²) in [5.41, 5.74) is 3.16. The molecular weight excluding hydrogens is 334 g/mol. The topological polar surface area (TPSA) is 92.7 Å². The maximum absolute atomic E-state index is 12.4. The number of benzene rings is 1. The maximum Gasteiger partial charge on any atom is 0.326 e. The largest absolute Gasteiger partial charge is 0.480 e. The van der Waals surface area contributed by atoms with Crippen LogP contribution in [-0.4, -0.2) is 42.0 Å². The van der Waals surface area contributed by atoms with Crippen molar-refractivity contribution in [3.8, 4) is 0 Å². The minimum absolute atomic E-state index is 0.00667. The number of aliphatic carboxylic acids is 1. The number of carbonyl (C=O) groups is 3. The first-order valence-corrected chi connectivity index (χ1v) is 9.29. The standard InChI is InChI=1S/C20H25NO5/c22-17(15-7-6-13-3-1-4-14(13)11-15)8-9-18(23)21-19(20(24)25)16-5-2-10-26-12-16/h6-7,11,16,19H,1-5,8-10,12H2,(H,21,23)(H,24,25). The monoisotopic (exact) mass is 359 g/mol. The quantitative estimate of drug-likeness (QED) is 0.728. The van der Waals surface area contributed by atoms with Gasteiger partial charge in [-0.25, -0.2) is 4.79 Å². The van der Waals surface area contributed by atoms with Crippen molar-refractivity contribution < 1.29 is 24.2 Å². The molecule has 1 saturated heterocycles. The lowest BCUT2D eigenvalue weighted by atomic mass is 9.93. The number of hydrogen-bond donors (Lipinski definition) is 2. The van der Waals surface area contributed by atoms with Gasteiger partial charge in [0.2, 0.25) is 5.91 Å². The van der Waals surface area contributed by atoms with Crippen molar-refractivity contribution in [2.24, 2.45) is 5.92 Å². The Kier molecular flexibility index (Phi) is 6.04. The Morgan fingerprint density at radius 3 is 2.69 bits per heavy atom. The zero-order valence-electron chi connectivity index (χ0n) is 14.8. The number of aryl methyl sites for hydroxylation is 2. The van der Waals surface area contributed by atoms with E-state index in [1.54, 1.807) is 0 Å². The van der Waals surface area contributed by atoms with Crippen molar-refractivity contribution >= 4 is 17.7 Å². The van der Waals surface area contributed by atoms with Crippen molar-refractivity contribution in [3.63, 3.8) is 0 Å². The van der Waals surface area contributed by atoms with Crippen LogP contribution >= 0.6 is 0 Å². The van der Waals surface area contributed by atoms with Crippen LogP contribution in [0.25, 0.3) is 0 Å². The van der Waals surface area contributed by atoms with Gasteiger partial charge >= 0.3 is 5.97 Å². The van der Waals surface area contributed by atoms with Gasteiger partial charge in [0.1, 0.15) is 6.04 Å². The van der Waals surface area contributed by atoms with Crippen LogP contribution < -0.4 is 5.32 Å². The van der Waals surface area contributed by atoms with Gasteiger partial charge < -0.3 is 15.2 Å². The number of ether oxygens (including phenoxy) is 1. The van der Waals surface area contributed by atoms with Gasteiger partial charge in [-0.3, -0.25) is 9.59 Å². The molecule has 1 amide bonds. The third kappa shape index (κ3) is 4.49. The second kappa shape index (κ2) is 8.45. The lowest BCUT2D eigenvalue weighted by Crippen LogP contribution is -2.48. The summed E-state index contributed by atoms with van der Waals surface area (Å²) in [4.78, 5) is 36.0. The summed E-state index contributed by atoms with van der Waals surface area (Å²) in [6.45, 7) is 0.970. The Morgan fingerprint density at radius 2 is 1.96 bits per heavy atom. The van der Waals surface area contributed by atoms with Crippen molar-refractivity contribution in [2.75, 3.05) is 13.2 Å². The second-order valence-corrected chi connectivity index (χ2v) is 7.12. The molecule has 140 valence electrons. The van der Waals surface area contributed by atoms with Gasteiger partial charge in [-0.15, -0.1) is 0 Å². The molecule has 3 rings (SSSR count). The van der Waals surface area contributed by atoms with E-state index in [2.05, 4.69) is 5.32 Å². The summed E-state index contributed by atoms with van der Waals surface area (Å²) in [5.74, 6) is -1.77. The number of rotatable bonds is 7. The molecular formula is C20H25NO5. The molecule has 1 heterocycles. The first-order chi connectivity index (χ1) is 12.5. The van der Waals surface area contributed by atoms with Crippen molar-refractivity contribution in [2.45, 2.75) is 51.0 Å². The van der Waals surface area contributed by atoms with Gasteiger partial charge in [0, 0.05) is 30.9 Å². The van der Waals surface area contributed by atoms with Crippen LogP contribution in [0.2, 0.25) is 0 Å². The molecule has 0 saturated carbocycles. The fraction of sp³-hybridized carbons (Fsp3) is 0.550. The van der Waals surface area contributed by atoms with E-state index in [9.17, 15) is 19.5 Å². The summed E-state index contributed by atoms with van der Waals surface area (Å²) >= 11 is 0. The molecule has 6 heteroatoms. The van der Waals surface area contributed by atoms with Crippen molar-refractivity contribution in [1.82, 2.24) is 5.32 Å². The number of carbonyl (C=O) groups excluding carboxylic acids is 2. The molecule has 1 aliphatic heterocycles. The average Bonchev–Trinajstić information content (AvgIpc) is 3.12. The van der Waals surface area contributed by atoms with Crippen LogP contribution in [0.1, 0.15) is 53.6 Å². The summed E-state index contributed by atoms with van der Waals surface area (Å²) in [5, 5.41) is 11.9. The molecule has 1 fully saturated rings. The predicted molar refractivity (Wildman–Crippen MR) is 95.1 cm³/mol. The van der Waals surface area contributed by atoms with E-state index in [1.807, 2.05) is 18.2 Å². The minimum Gasteiger partial charge on any atom is -0.480 e. The molecule has 2 aliphatic rings. The molecule has 0 bridgehead atoms. The second-order valence-electron chi connectivity index (χ2n) is 7.12. The van der Waals surface area contributed by atoms with E-state index < -0.39 is 17.9 Å². The number of Topliss-reactive ketones (excluding diaryl/α,β-unsaturated/α-hetero) is 1. The third-order valence-electron chi connectivity index (χ3n) is 5.25. The van der Waals surface area contributed by atoms with Gasteiger partial charge in [0.05, 0.1) is 6.61 Å². The third-order valence-corrected chi connectivity index (χ3v) is 5.25. The van der Waals surface area contributed by atoms with Gasteiger partial charge in [0.25, 0.3) is 0 Å². The van der Waals surface area contributed by atoms with Crippen LogP contribution in [0.3, 0.4) is 0 Å². The molecule has 0 spiro atoms. The lowest BCUT2D eigenvalue weighted by molar-refractivity contribution is -0.145. The Bertz CT molecular complexity index is 693. The van der Waals surface area contributed by atoms with E-state index in [-0.39, 0.29) is 24.5 Å². The molecule has 2 atom stereocenters. The highest BCUT2D eigenvalue weighted by atomic mass is 16.5. The van der Waals surface area contributed by atoms with E-state index in [0.717, 1.165) is 25.7 Å². The Labute approximate surface area is 152 Å². The fourth-order valence-corrected chi connectivity index (χ4v) is 3.77. The number of carboxylic acids is 1. The van der Waals surface area contributed by atoms with Gasteiger partial charge in [-0.1, -0.05) is 12.1 Å². The van der Waals surface area contributed by atoms with Crippen LogP contribution in [-0.2, 0) is 27.2 Å². The summed E-state index contributed by atoms with van der Waals surface area (Å²) in [7, 11) is 0. The zero-order valence-corrected chi connectivity index (χ0v) is 14.8. The highest BCUT2D eigenvalue weighted by Gasteiger charge is 2.31. The average molecular weight is 359 g/mol. The first kappa shape index (κ1) is 18.6. The molecule has 1 aliphatic carbocycles. The molecule has 0 aromatic heterocycles. The molecule has 6 nitrogen and oxygen atoms in total. The smallest absolute Gasteiger partial charge is 0.326 e. The molecule has 1 aromatic carbocycles. The van der Waals surface area contributed by atoms with Crippen LogP contribution in [0.15, 0.2) is 18.2 Å². The number of amides is 1. The minimum atomic E-state index is -1.06. The number of carboxylic acid groups (broad SMARTS) is 1. The summed E-state index contributed by atoms with van der Waals surface area (Å²) in [6.07, 6.45) is 4.77. The molecule has 2 N–H and O–H groups in total. The van der Waals surface area contributed by atoms with Gasteiger partial charge in [0.15, 0.2) is 5.78 Å². The van der Waals surface area contributed by atoms with E-state index in [4.69, 9.17) is 4.74 Å². The van der Waals surface area contributed by atoms with Crippen molar-refractivity contribution in [1.29, 1.82) is 0 Å². The molecule has 2 unspecified atom stereocenters. The number of ketones is 1. The number of fused-ring (bicyclic) bond motifs is 1. The lowest BCUT2D eigenvalue weighted by Gasteiger charge is -2.28. The molecule has 0 radical (unpaired) electrons. The SMILES string of the molecule is O=C(CCC(=O)c1ccc2c(c1)CCC2)NC(C(=O)O)C1CCCOC1. The Balaban J connectivity index is 1.52. The van der Waals surface area contributed by atoms with Gasteiger partial charge in [-0.05, 0) is 49.3 Å². The highest BCUT2D eigenvalue weighted by Crippen LogP contribution is 2.23. The fourth-order valence-electron chi connectivity index (χ4n) is 3.77. The summed E-state index contributed by atoms with van der Waals surface area (Å²) < 4.78 is 5.32. The number of nitrogens with one attached hydrogen (secondary N) is 1. The Hall–Kier alpha value is -2.21. The first-order valence-electron chi connectivity index (χ1n) is 9.29. The van der Waals surface area contributed by atoms with Crippen LogP contribution in [0.4, 0.5) is 0 Å². The highest BCUT2D eigenvalue weighted by molar-refractivity contribution is 5.98.